The summed E-state index contributed by atoms with van der Waals surface area (Å²) < 4.78 is 6.45. The number of nitrogens with one attached hydrogen (secondary N) is 2. The van der Waals surface area contributed by atoms with E-state index in [1.54, 1.807) is 0 Å². The highest BCUT2D eigenvalue weighted by molar-refractivity contribution is 14.1. The van der Waals surface area contributed by atoms with Gasteiger partial charge in [0.15, 0.2) is 0 Å². The largest absolute Gasteiger partial charge is 0.445 e. The first-order valence-corrected chi connectivity index (χ1v) is 8.76. The van der Waals surface area contributed by atoms with Crippen LogP contribution in [0.25, 0.3) is 0 Å². The quantitative estimate of drug-likeness (QED) is 0.712. The Morgan fingerprint density at radius 2 is 1.87 bits per heavy atom. The van der Waals surface area contributed by atoms with Crippen LogP contribution in [-0.2, 0) is 11.3 Å². The van der Waals surface area contributed by atoms with E-state index in [0.717, 1.165) is 24.1 Å². The molecule has 23 heavy (non-hydrogen) atoms. The molecule has 120 valence electrons. The molecule has 1 saturated carbocycles. The Hall–Kier alpha value is -1.76. The minimum Gasteiger partial charge on any atom is -0.445 e. The second-order valence-corrected chi connectivity index (χ2v) is 6.97. The molecular formula is C18H19IN2O2. The first-order valence-electron chi connectivity index (χ1n) is 7.68. The third-order valence-electron chi connectivity index (χ3n) is 3.87. The van der Waals surface area contributed by atoms with Crippen LogP contribution in [0.5, 0.6) is 0 Å². The van der Waals surface area contributed by atoms with Gasteiger partial charge in [-0.1, -0.05) is 36.4 Å². The number of hydrogen-bond donors (Lipinski definition) is 2. The Morgan fingerprint density at radius 1 is 1.09 bits per heavy atom. The molecule has 4 nitrogen and oxygen atoms in total. The molecule has 2 aromatic carbocycles. The zero-order valence-electron chi connectivity index (χ0n) is 12.7. The van der Waals surface area contributed by atoms with E-state index in [9.17, 15) is 4.79 Å². The van der Waals surface area contributed by atoms with E-state index in [1.165, 1.54) is 3.57 Å². The first kappa shape index (κ1) is 16.1. The lowest BCUT2D eigenvalue weighted by Gasteiger charge is -2.36. The lowest BCUT2D eigenvalue weighted by atomic mass is 9.86. The van der Waals surface area contributed by atoms with Crippen LogP contribution in [0.1, 0.15) is 18.4 Å². The Balaban J connectivity index is 1.36. The van der Waals surface area contributed by atoms with Gasteiger partial charge in [0.1, 0.15) is 6.61 Å². The van der Waals surface area contributed by atoms with Crippen LogP contribution in [0.4, 0.5) is 10.5 Å². The third kappa shape index (κ3) is 4.86. The van der Waals surface area contributed by atoms with Gasteiger partial charge in [0.05, 0.1) is 0 Å². The number of amides is 1. The second-order valence-electron chi connectivity index (χ2n) is 5.73. The summed E-state index contributed by atoms with van der Waals surface area (Å²) in [6.07, 6.45) is 1.50. The smallest absolute Gasteiger partial charge is 0.407 e. The van der Waals surface area contributed by atoms with E-state index < -0.39 is 0 Å². The fourth-order valence-electron chi connectivity index (χ4n) is 2.60. The highest BCUT2D eigenvalue weighted by atomic mass is 127. The Kier molecular flexibility index (Phi) is 5.38. The van der Waals surface area contributed by atoms with Gasteiger partial charge in [-0.15, -0.1) is 0 Å². The second kappa shape index (κ2) is 7.68. The molecular weight excluding hydrogens is 403 g/mol. The number of rotatable bonds is 5. The number of carbonyl (C=O) groups excluding carboxylic acids is 1. The SMILES string of the molecule is O=C(NC1CC(Nc2cccc(I)c2)C1)OCc1ccccc1. The molecule has 2 N–H and O–H groups in total. The predicted octanol–water partition coefficient (Wildman–Crippen LogP) is 4.16. The topological polar surface area (TPSA) is 50.4 Å². The van der Waals surface area contributed by atoms with E-state index in [-0.39, 0.29) is 12.1 Å². The van der Waals surface area contributed by atoms with Gasteiger partial charge in [-0.25, -0.2) is 4.79 Å². The highest BCUT2D eigenvalue weighted by Crippen LogP contribution is 2.25. The number of anilines is 1. The van der Waals surface area contributed by atoms with Crippen molar-refractivity contribution >= 4 is 34.4 Å². The van der Waals surface area contributed by atoms with E-state index in [4.69, 9.17) is 4.74 Å². The van der Waals surface area contributed by atoms with Crippen molar-refractivity contribution in [1.82, 2.24) is 5.32 Å². The summed E-state index contributed by atoms with van der Waals surface area (Å²) >= 11 is 2.30. The fraction of sp³-hybridized carbons (Fsp3) is 0.278. The Labute approximate surface area is 149 Å². The molecule has 0 radical (unpaired) electrons. The molecule has 3 rings (SSSR count). The van der Waals surface area contributed by atoms with Crippen molar-refractivity contribution in [3.8, 4) is 0 Å². The summed E-state index contributed by atoms with van der Waals surface area (Å²) in [5, 5.41) is 6.39. The molecule has 5 heteroatoms. The first-order chi connectivity index (χ1) is 11.2. The molecule has 1 aliphatic rings. The van der Waals surface area contributed by atoms with Crippen molar-refractivity contribution in [3.63, 3.8) is 0 Å². The maximum absolute atomic E-state index is 11.8. The lowest BCUT2D eigenvalue weighted by Crippen LogP contribution is -2.49. The van der Waals surface area contributed by atoms with Crippen LogP contribution in [0.3, 0.4) is 0 Å². The fourth-order valence-corrected chi connectivity index (χ4v) is 3.14. The number of benzene rings is 2. The van der Waals surface area contributed by atoms with Crippen LogP contribution in [0.15, 0.2) is 54.6 Å². The zero-order valence-corrected chi connectivity index (χ0v) is 14.8. The molecule has 0 aliphatic heterocycles. The molecule has 2 aromatic rings. The minimum absolute atomic E-state index is 0.193. The number of hydrogen-bond acceptors (Lipinski definition) is 3. The van der Waals surface area contributed by atoms with Crippen molar-refractivity contribution in [3.05, 3.63) is 63.7 Å². The van der Waals surface area contributed by atoms with Crippen LogP contribution in [0, 0.1) is 3.57 Å². The molecule has 0 spiro atoms. The van der Waals surface area contributed by atoms with Crippen molar-refractivity contribution in [2.45, 2.75) is 31.5 Å². The van der Waals surface area contributed by atoms with Crippen LogP contribution < -0.4 is 10.6 Å². The summed E-state index contributed by atoms with van der Waals surface area (Å²) in [6.45, 7) is 0.309. The van der Waals surface area contributed by atoms with E-state index >= 15 is 0 Å². The van der Waals surface area contributed by atoms with Gasteiger partial charge in [0.2, 0.25) is 0 Å². The van der Waals surface area contributed by atoms with Crippen molar-refractivity contribution in [2.24, 2.45) is 0 Å². The average Bonchev–Trinajstić information content (AvgIpc) is 2.52. The normalized spacial score (nSPS) is 19.5. The summed E-state index contributed by atoms with van der Waals surface area (Å²) in [4.78, 5) is 11.8. The standard InChI is InChI=1S/C18H19IN2O2/c19-14-7-4-8-15(9-14)20-16-10-17(11-16)21-18(22)23-12-13-5-2-1-3-6-13/h1-9,16-17,20H,10-12H2,(H,21,22). The molecule has 0 unspecified atom stereocenters. The maximum atomic E-state index is 11.8. The van der Waals surface area contributed by atoms with E-state index in [1.807, 2.05) is 36.4 Å². The van der Waals surface area contributed by atoms with Crippen molar-refractivity contribution in [1.29, 1.82) is 0 Å². The third-order valence-corrected chi connectivity index (χ3v) is 4.54. The van der Waals surface area contributed by atoms with Crippen LogP contribution in [-0.4, -0.2) is 18.2 Å². The molecule has 0 aromatic heterocycles. The maximum Gasteiger partial charge on any atom is 0.407 e. The van der Waals surface area contributed by atoms with Gasteiger partial charge in [-0.05, 0) is 59.2 Å². The monoisotopic (exact) mass is 422 g/mol. The van der Waals surface area contributed by atoms with Crippen LogP contribution >= 0.6 is 22.6 Å². The summed E-state index contributed by atoms with van der Waals surface area (Å²) in [6, 6.07) is 18.6. The van der Waals surface area contributed by atoms with Gasteiger partial charge in [-0.3, -0.25) is 0 Å². The highest BCUT2D eigenvalue weighted by Gasteiger charge is 2.30. The zero-order chi connectivity index (χ0) is 16.1. The number of alkyl carbamates (subject to hydrolysis) is 1. The van der Waals surface area contributed by atoms with E-state index in [2.05, 4.69) is 51.4 Å². The lowest BCUT2D eigenvalue weighted by molar-refractivity contribution is 0.129. The number of halogens is 1. The molecule has 0 bridgehead atoms. The van der Waals surface area contributed by atoms with Gasteiger partial charge >= 0.3 is 6.09 Å². The van der Waals surface area contributed by atoms with Crippen LogP contribution in [0.2, 0.25) is 0 Å². The average molecular weight is 422 g/mol. The van der Waals surface area contributed by atoms with Crippen molar-refractivity contribution in [2.75, 3.05) is 5.32 Å². The number of carbonyl (C=O) groups is 1. The summed E-state index contributed by atoms with van der Waals surface area (Å²) in [5.41, 5.74) is 2.13. The van der Waals surface area contributed by atoms with Gasteiger partial charge < -0.3 is 15.4 Å². The minimum atomic E-state index is -0.341. The summed E-state index contributed by atoms with van der Waals surface area (Å²) in [7, 11) is 0. The van der Waals surface area contributed by atoms with Gasteiger partial charge in [-0.2, -0.15) is 0 Å². The summed E-state index contributed by atoms with van der Waals surface area (Å²) in [5.74, 6) is 0. The Morgan fingerprint density at radius 3 is 2.61 bits per heavy atom. The van der Waals surface area contributed by atoms with Gasteiger partial charge in [0, 0.05) is 21.3 Å². The molecule has 0 atom stereocenters. The van der Waals surface area contributed by atoms with E-state index in [0.29, 0.717) is 12.6 Å². The molecule has 0 saturated heterocycles. The number of ether oxygens (including phenoxy) is 1. The molecule has 1 amide bonds. The van der Waals surface area contributed by atoms with Gasteiger partial charge in [0.25, 0.3) is 0 Å². The molecule has 0 heterocycles. The predicted molar refractivity (Wildman–Crippen MR) is 99.4 cm³/mol. The van der Waals surface area contributed by atoms with Crippen molar-refractivity contribution < 1.29 is 9.53 Å². The molecule has 1 fully saturated rings. The Bertz CT molecular complexity index is 657. The molecule has 1 aliphatic carbocycles.